The van der Waals surface area contributed by atoms with Crippen molar-refractivity contribution in [3.63, 3.8) is 0 Å². The topological polar surface area (TPSA) is 38.7 Å². The van der Waals surface area contributed by atoms with Gasteiger partial charge in [0.25, 0.3) is 0 Å². The fourth-order valence-corrected chi connectivity index (χ4v) is 3.06. The van der Waals surface area contributed by atoms with E-state index in [-0.39, 0.29) is 6.10 Å². The quantitative estimate of drug-likeness (QED) is 0.399. The number of hydrogen-bond acceptors (Lipinski definition) is 3. The van der Waals surface area contributed by atoms with Gasteiger partial charge in [0.05, 0.1) is 18.8 Å². The van der Waals surface area contributed by atoms with Crippen LogP contribution in [0.3, 0.4) is 0 Å². The predicted octanol–water partition coefficient (Wildman–Crippen LogP) is 3.52. The van der Waals surface area contributed by atoms with Gasteiger partial charge >= 0.3 is 0 Å². The average Bonchev–Trinajstić information content (AvgIpc) is 3.04. The summed E-state index contributed by atoms with van der Waals surface area (Å²) in [5.74, 6) is 1.32. The molecular formula is C17H30O3. The van der Waals surface area contributed by atoms with Gasteiger partial charge in [-0.05, 0) is 37.0 Å². The molecule has 116 valence electrons. The molecule has 1 fully saturated rings. The molecule has 0 spiro atoms. The molecule has 2 rings (SSSR count). The van der Waals surface area contributed by atoms with Gasteiger partial charge in [0.1, 0.15) is 6.79 Å². The second-order valence-corrected chi connectivity index (χ2v) is 7.18. The fraction of sp³-hybridized carbons (Fsp3) is 0.882. The number of rotatable bonds is 9. The Morgan fingerprint density at radius 3 is 2.70 bits per heavy atom. The highest BCUT2D eigenvalue weighted by Crippen LogP contribution is 2.40. The Morgan fingerprint density at radius 2 is 2.10 bits per heavy atom. The van der Waals surface area contributed by atoms with Crippen LogP contribution in [0.1, 0.15) is 52.9 Å². The first kappa shape index (κ1) is 16.0. The lowest BCUT2D eigenvalue weighted by atomic mass is 9.84. The highest BCUT2D eigenvalue weighted by atomic mass is 16.7. The standard InChI is InChI=1S/C17H30O3/c1-4-17(2,3)8-7-15(18)11-19-12-20-16-10-13-5-6-14(16)9-13/h5-6,13-16,18H,4,7-12H2,1-3H3. The largest absolute Gasteiger partial charge is 0.391 e. The van der Waals surface area contributed by atoms with E-state index in [9.17, 15) is 5.11 Å². The summed E-state index contributed by atoms with van der Waals surface area (Å²) < 4.78 is 11.2. The minimum atomic E-state index is -0.371. The molecule has 0 aromatic heterocycles. The van der Waals surface area contributed by atoms with E-state index in [2.05, 4.69) is 32.9 Å². The van der Waals surface area contributed by atoms with Crippen molar-refractivity contribution >= 4 is 0 Å². The number of hydrogen-bond donors (Lipinski definition) is 1. The number of fused-ring (bicyclic) bond motifs is 2. The molecule has 1 N–H and O–H groups in total. The van der Waals surface area contributed by atoms with E-state index in [0.29, 0.717) is 30.8 Å². The zero-order valence-electron chi connectivity index (χ0n) is 13.2. The smallest absolute Gasteiger partial charge is 0.147 e. The summed E-state index contributed by atoms with van der Waals surface area (Å²) in [5, 5.41) is 9.91. The van der Waals surface area contributed by atoms with E-state index >= 15 is 0 Å². The van der Waals surface area contributed by atoms with Crippen LogP contribution in [-0.4, -0.2) is 30.7 Å². The van der Waals surface area contributed by atoms with Crippen LogP contribution in [0.15, 0.2) is 12.2 Å². The molecule has 0 heterocycles. The SMILES string of the molecule is CCC(C)(C)CCC(O)COCOC1CC2C=CC1C2. The van der Waals surface area contributed by atoms with Crippen molar-refractivity contribution in [1.82, 2.24) is 0 Å². The average molecular weight is 282 g/mol. The summed E-state index contributed by atoms with van der Waals surface area (Å²) in [6.45, 7) is 7.38. The van der Waals surface area contributed by atoms with Crippen molar-refractivity contribution in [2.45, 2.75) is 65.1 Å². The van der Waals surface area contributed by atoms with Crippen LogP contribution >= 0.6 is 0 Å². The molecule has 0 amide bonds. The first-order chi connectivity index (χ1) is 9.50. The third-order valence-corrected chi connectivity index (χ3v) is 5.01. The molecule has 4 atom stereocenters. The first-order valence-electron chi connectivity index (χ1n) is 8.06. The molecule has 2 aliphatic rings. The number of aliphatic hydroxyl groups excluding tert-OH is 1. The second kappa shape index (κ2) is 7.06. The molecule has 20 heavy (non-hydrogen) atoms. The van der Waals surface area contributed by atoms with E-state index in [1.807, 2.05) is 0 Å². The monoisotopic (exact) mass is 282 g/mol. The molecule has 0 aromatic rings. The van der Waals surface area contributed by atoms with Crippen LogP contribution in [0.4, 0.5) is 0 Å². The molecule has 0 aliphatic heterocycles. The molecule has 1 saturated carbocycles. The van der Waals surface area contributed by atoms with Crippen molar-refractivity contribution in [2.75, 3.05) is 13.4 Å². The van der Waals surface area contributed by atoms with Gasteiger partial charge in [0, 0.05) is 5.92 Å². The third-order valence-electron chi connectivity index (χ3n) is 5.01. The van der Waals surface area contributed by atoms with Crippen LogP contribution < -0.4 is 0 Å². The van der Waals surface area contributed by atoms with Crippen molar-refractivity contribution in [1.29, 1.82) is 0 Å². The Balaban J connectivity index is 1.51. The van der Waals surface area contributed by atoms with Gasteiger partial charge in [0.15, 0.2) is 0 Å². The fourth-order valence-electron chi connectivity index (χ4n) is 3.06. The minimum Gasteiger partial charge on any atom is -0.391 e. The van der Waals surface area contributed by atoms with Gasteiger partial charge in [0.2, 0.25) is 0 Å². The van der Waals surface area contributed by atoms with Crippen LogP contribution in [0.2, 0.25) is 0 Å². The van der Waals surface area contributed by atoms with Crippen molar-refractivity contribution in [3.05, 3.63) is 12.2 Å². The summed E-state index contributed by atoms with van der Waals surface area (Å²) in [4.78, 5) is 0. The van der Waals surface area contributed by atoms with Crippen LogP contribution in [0.5, 0.6) is 0 Å². The van der Waals surface area contributed by atoms with Gasteiger partial charge in [-0.15, -0.1) is 0 Å². The van der Waals surface area contributed by atoms with Gasteiger partial charge in [-0.25, -0.2) is 0 Å². The Morgan fingerprint density at radius 1 is 1.30 bits per heavy atom. The maximum atomic E-state index is 9.91. The number of aliphatic hydroxyl groups is 1. The van der Waals surface area contributed by atoms with E-state index < -0.39 is 0 Å². The Hall–Kier alpha value is -0.380. The maximum absolute atomic E-state index is 9.91. The molecule has 3 nitrogen and oxygen atoms in total. The van der Waals surface area contributed by atoms with Crippen molar-refractivity contribution in [3.8, 4) is 0 Å². The highest BCUT2D eigenvalue weighted by molar-refractivity contribution is 5.10. The van der Waals surface area contributed by atoms with Crippen LogP contribution in [0, 0.1) is 17.3 Å². The molecule has 4 unspecified atom stereocenters. The van der Waals surface area contributed by atoms with Gasteiger partial charge in [-0.3, -0.25) is 0 Å². The van der Waals surface area contributed by atoms with E-state index in [0.717, 1.165) is 31.6 Å². The third kappa shape index (κ3) is 4.57. The molecule has 2 bridgehead atoms. The molecule has 0 radical (unpaired) electrons. The second-order valence-electron chi connectivity index (χ2n) is 7.18. The highest BCUT2D eigenvalue weighted by Gasteiger charge is 2.36. The Labute approximate surface area is 123 Å². The van der Waals surface area contributed by atoms with E-state index in [1.165, 1.54) is 6.42 Å². The zero-order chi connectivity index (χ0) is 14.6. The zero-order valence-corrected chi connectivity index (χ0v) is 13.2. The van der Waals surface area contributed by atoms with Gasteiger partial charge < -0.3 is 14.6 Å². The first-order valence-corrected chi connectivity index (χ1v) is 8.06. The summed E-state index contributed by atoms with van der Waals surface area (Å²) >= 11 is 0. The lowest BCUT2D eigenvalue weighted by molar-refractivity contribution is -0.114. The number of ether oxygens (including phenoxy) is 2. The minimum absolute atomic E-state index is 0.312. The van der Waals surface area contributed by atoms with Crippen molar-refractivity contribution < 1.29 is 14.6 Å². The van der Waals surface area contributed by atoms with Gasteiger partial charge in [-0.2, -0.15) is 0 Å². The van der Waals surface area contributed by atoms with Crippen LogP contribution in [-0.2, 0) is 9.47 Å². The van der Waals surface area contributed by atoms with Crippen LogP contribution in [0.25, 0.3) is 0 Å². The van der Waals surface area contributed by atoms with E-state index in [4.69, 9.17) is 9.47 Å². The summed E-state index contributed by atoms with van der Waals surface area (Å²) in [5.41, 5.74) is 0.312. The molecular weight excluding hydrogens is 252 g/mol. The Bertz CT molecular complexity index is 324. The normalized spacial score (nSPS) is 30.1. The molecule has 2 aliphatic carbocycles. The number of allylic oxidation sites excluding steroid dienone is 1. The summed E-state index contributed by atoms with van der Waals surface area (Å²) in [6.07, 6.45) is 9.92. The lowest BCUT2D eigenvalue weighted by Crippen LogP contribution is -2.23. The summed E-state index contributed by atoms with van der Waals surface area (Å²) in [7, 11) is 0. The van der Waals surface area contributed by atoms with Crippen molar-refractivity contribution in [2.24, 2.45) is 17.3 Å². The van der Waals surface area contributed by atoms with E-state index in [1.54, 1.807) is 0 Å². The predicted molar refractivity (Wildman–Crippen MR) is 80.4 cm³/mol. The molecule has 0 saturated heterocycles. The Kier molecular flexibility index (Phi) is 5.65. The maximum Gasteiger partial charge on any atom is 0.147 e. The molecule has 0 aromatic carbocycles. The summed E-state index contributed by atoms with van der Waals surface area (Å²) in [6, 6.07) is 0. The molecule has 3 heteroatoms. The lowest BCUT2D eigenvalue weighted by Gasteiger charge is -2.24. The van der Waals surface area contributed by atoms with Gasteiger partial charge in [-0.1, -0.05) is 39.3 Å².